The summed E-state index contributed by atoms with van der Waals surface area (Å²) >= 11 is 1.45. The molecule has 1 aliphatic carbocycles. The van der Waals surface area contributed by atoms with Crippen molar-refractivity contribution in [3.05, 3.63) is 30.6 Å². The molecule has 0 spiro atoms. The van der Waals surface area contributed by atoms with E-state index in [1.165, 1.54) is 31.0 Å². The molecular weight excluding hydrogens is 358 g/mol. The first-order chi connectivity index (χ1) is 13.1. The molecule has 27 heavy (non-hydrogen) atoms. The van der Waals surface area contributed by atoms with Crippen LogP contribution in [0.25, 0.3) is 22.1 Å². The van der Waals surface area contributed by atoms with Gasteiger partial charge in [0.25, 0.3) is 0 Å². The number of aromatic nitrogens is 2. The van der Waals surface area contributed by atoms with Gasteiger partial charge in [-0.3, -0.25) is 4.79 Å². The van der Waals surface area contributed by atoms with Crippen molar-refractivity contribution < 1.29 is 9.21 Å². The molecule has 0 atom stereocenters. The zero-order chi connectivity index (χ0) is 18.8. The van der Waals surface area contributed by atoms with Gasteiger partial charge in [-0.15, -0.1) is 0 Å². The number of thioether (sulfide) groups is 1. The largest absolute Gasteiger partial charge is 0.451 e. The number of rotatable bonds is 5. The van der Waals surface area contributed by atoms with Crippen LogP contribution in [0.5, 0.6) is 0 Å². The minimum Gasteiger partial charge on any atom is -0.451 e. The van der Waals surface area contributed by atoms with Crippen LogP contribution in [0, 0.1) is 0 Å². The Bertz CT molecular complexity index is 947. The number of hydrogen-bond donors (Lipinski definition) is 0. The first-order valence-electron chi connectivity index (χ1n) is 9.71. The quantitative estimate of drug-likeness (QED) is 0.456. The van der Waals surface area contributed by atoms with Crippen molar-refractivity contribution in [1.29, 1.82) is 0 Å². The maximum absolute atomic E-state index is 13.0. The highest BCUT2D eigenvalue weighted by atomic mass is 32.2. The highest BCUT2D eigenvalue weighted by Gasteiger charge is 2.27. The third-order valence-corrected chi connectivity index (χ3v) is 6.23. The van der Waals surface area contributed by atoms with Crippen LogP contribution in [-0.2, 0) is 4.79 Å². The summed E-state index contributed by atoms with van der Waals surface area (Å²) in [5, 5.41) is 1.71. The van der Waals surface area contributed by atoms with Crippen LogP contribution < -0.4 is 0 Å². The molecule has 0 N–H and O–H groups in total. The molecule has 0 radical (unpaired) electrons. The predicted molar refractivity (Wildman–Crippen MR) is 109 cm³/mol. The van der Waals surface area contributed by atoms with Gasteiger partial charge >= 0.3 is 0 Å². The lowest BCUT2D eigenvalue weighted by Crippen LogP contribution is -2.46. The van der Waals surface area contributed by atoms with E-state index in [1.54, 1.807) is 6.33 Å². The number of para-hydroxylation sites is 1. The summed E-state index contributed by atoms with van der Waals surface area (Å²) < 4.78 is 5.97. The van der Waals surface area contributed by atoms with Gasteiger partial charge in [-0.2, -0.15) is 0 Å². The van der Waals surface area contributed by atoms with Crippen LogP contribution in [0.2, 0.25) is 0 Å². The molecule has 0 saturated heterocycles. The molecule has 1 aliphatic rings. The molecule has 1 fully saturated rings. The Balaban J connectivity index is 1.54. The predicted octanol–water partition coefficient (Wildman–Crippen LogP) is 5.04. The van der Waals surface area contributed by atoms with E-state index in [0.717, 1.165) is 34.4 Å². The maximum atomic E-state index is 13.0. The topological polar surface area (TPSA) is 59.2 Å². The minimum atomic E-state index is 0.185. The fourth-order valence-electron chi connectivity index (χ4n) is 4.08. The van der Waals surface area contributed by atoms with E-state index < -0.39 is 0 Å². The Morgan fingerprint density at radius 1 is 1.22 bits per heavy atom. The van der Waals surface area contributed by atoms with Gasteiger partial charge in [0, 0.05) is 17.5 Å². The van der Waals surface area contributed by atoms with Gasteiger partial charge < -0.3 is 9.32 Å². The Kier molecular flexibility index (Phi) is 5.34. The van der Waals surface area contributed by atoms with Crippen LogP contribution in [-0.4, -0.2) is 38.6 Å². The van der Waals surface area contributed by atoms with Gasteiger partial charge in [-0.25, -0.2) is 9.97 Å². The Morgan fingerprint density at radius 3 is 2.78 bits per heavy atom. The van der Waals surface area contributed by atoms with E-state index in [0.29, 0.717) is 17.4 Å². The van der Waals surface area contributed by atoms with Gasteiger partial charge in [0.15, 0.2) is 5.58 Å². The molecule has 0 unspecified atom stereocenters. The molecule has 1 aromatic carbocycles. The number of carbonyl (C=O) groups is 1. The lowest BCUT2D eigenvalue weighted by Gasteiger charge is -2.37. The van der Waals surface area contributed by atoms with Crippen molar-refractivity contribution in [2.45, 2.75) is 63.1 Å². The molecule has 6 heteroatoms. The Morgan fingerprint density at radius 2 is 2.00 bits per heavy atom. The van der Waals surface area contributed by atoms with Crippen molar-refractivity contribution in [3.8, 4) is 0 Å². The molecule has 0 aliphatic heterocycles. The molecular formula is C21H25N3O2S. The third kappa shape index (κ3) is 3.68. The van der Waals surface area contributed by atoms with Crippen molar-refractivity contribution in [2.75, 3.05) is 5.75 Å². The van der Waals surface area contributed by atoms with Crippen molar-refractivity contribution in [3.63, 3.8) is 0 Å². The number of furan rings is 1. The zero-order valence-electron chi connectivity index (χ0n) is 15.9. The number of carbonyl (C=O) groups excluding carboxylic acids is 1. The lowest BCUT2D eigenvalue weighted by atomic mass is 9.93. The summed E-state index contributed by atoms with van der Waals surface area (Å²) in [6.45, 7) is 4.22. The van der Waals surface area contributed by atoms with Crippen LogP contribution in [0.4, 0.5) is 0 Å². The molecule has 2 aromatic heterocycles. The summed E-state index contributed by atoms with van der Waals surface area (Å²) in [6.07, 6.45) is 7.53. The van der Waals surface area contributed by atoms with Gasteiger partial charge in [-0.1, -0.05) is 43.2 Å². The first-order valence-corrected chi connectivity index (χ1v) is 10.7. The first kappa shape index (κ1) is 18.3. The second-order valence-electron chi connectivity index (χ2n) is 7.43. The average Bonchev–Trinajstić information content (AvgIpc) is 3.06. The highest BCUT2D eigenvalue weighted by Crippen LogP contribution is 2.33. The normalized spacial score (nSPS) is 15.7. The van der Waals surface area contributed by atoms with Gasteiger partial charge in [0.1, 0.15) is 22.5 Å². The molecule has 1 saturated carbocycles. The molecule has 142 valence electrons. The summed E-state index contributed by atoms with van der Waals surface area (Å²) in [4.78, 5) is 23.8. The summed E-state index contributed by atoms with van der Waals surface area (Å²) in [5.74, 6) is 0.558. The number of nitrogens with zero attached hydrogens (tertiary/aromatic N) is 3. The smallest absolute Gasteiger partial charge is 0.233 e. The zero-order valence-corrected chi connectivity index (χ0v) is 16.7. The second-order valence-corrected chi connectivity index (χ2v) is 8.39. The standard InChI is InChI=1S/C21H25N3O2S/c1-14(2)24(15-8-4-3-5-9-15)18(25)12-27-21-20-19(22-13-23-21)16-10-6-7-11-17(16)26-20/h6-7,10-11,13-15H,3-5,8-9,12H2,1-2H3. The number of benzene rings is 1. The Labute approximate surface area is 163 Å². The van der Waals surface area contributed by atoms with Gasteiger partial charge in [0.2, 0.25) is 5.91 Å². The van der Waals surface area contributed by atoms with E-state index in [4.69, 9.17) is 4.42 Å². The van der Waals surface area contributed by atoms with Crippen LogP contribution >= 0.6 is 11.8 Å². The molecule has 5 nitrogen and oxygen atoms in total. The van der Waals surface area contributed by atoms with Crippen molar-refractivity contribution >= 4 is 39.7 Å². The van der Waals surface area contributed by atoms with Crippen LogP contribution in [0.15, 0.2) is 40.0 Å². The summed E-state index contributed by atoms with van der Waals surface area (Å²) in [7, 11) is 0. The molecule has 1 amide bonds. The van der Waals surface area contributed by atoms with E-state index in [2.05, 4.69) is 28.7 Å². The minimum absolute atomic E-state index is 0.185. The Hall–Kier alpha value is -2.08. The molecule has 0 bridgehead atoms. The van der Waals surface area contributed by atoms with Gasteiger partial charge in [-0.05, 0) is 38.8 Å². The summed E-state index contributed by atoms with van der Waals surface area (Å²) in [5.41, 5.74) is 2.28. The van der Waals surface area contributed by atoms with Crippen molar-refractivity contribution in [1.82, 2.24) is 14.9 Å². The fraction of sp³-hybridized carbons (Fsp3) is 0.476. The monoisotopic (exact) mass is 383 g/mol. The number of amides is 1. The third-order valence-electron chi connectivity index (χ3n) is 5.27. The average molecular weight is 384 g/mol. The number of hydrogen-bond acceptors (Lipinski definition) is 5. The lowest BCUT2D eigenvalue weighted by molar-refractivity contribution is -0.133. The van der Waals surface area contributed by atoms with E-state index in [1.807, 2.05) is 24.3 Å². The van der Waals surface area contributed by atoms with E-state index in [9.17, 15) is 4.79 Å². The highest BCUT2D eigenvalue weighted by molar-refractivity contribution is 8.00. The van der Waals surface area contributed by atoms with Crippen LogP contribution in [0.3, 0.4) is 0 Å². The maximum Gasteiger partial charge on any atom is 0.233 e. The van der Waals surface area contributed by atoms with Gasteiger partial charge in [0.05, 0.1) is 5.75 Å². The van der Waals surface area contributed by atoms with E-state index >= 15 is 0 Å². The fourth-order valence-corrected chi connectivity index (χ4v) is 4.88. The number of fused-ring (bicyclic) bond motifs is 3. The molecule has 3 aromatic rings. The van der Waals surface area contributed by atoms with Crippen molar-refractivity contribution in [2.24, 2.45) is 0 Å². The SMILES string of the molecule is CC(C)N(C(=O)CSc1ncnc2c1oc1ccccc12)C1CCCCC1. The second kappa shape index (κ2) is 7.89. The molecule has 2 heterocycles. The van der Waals surface area contributed by atoms with Crippen LogP contribution in [0.1, 0.15) is 46.0 Å². The van der Waals surface area contributed by atoms with E-state index in [-0.39, 0.29) is 11.9 Å². The summed E-state index contributed by atoms with van der Waals surface area (Å²) in [6, 6.07) is 8.44. The molecule has 4 rings (SSSR count).